The van der Waals surface area contributed by atoms with Crippen LogP contribution in [0.3, 0.4) is 0 Å². The predicted octanol–water partition coefficient (Wildman–Crippen LogP) is 7.56. The fourth-order valence-electron chi connectivity index (χ4n) is 5.65. The van der Waals surface area contributed by atoms with Crippen LogP contribution in [-0.2, 0) is 36.5 Å². The molecule has 214 valence electrons. The van der Waals surface area contributed by atoms with E-state index in [0.29, 0.717) is 0 Å². The molecule has 1 unspecified atom stereocenters. The van der Waals surface area contributed by atoms with E-state index in [2.05, 4.69) is 100 Å². The van der Waals surface area contributed by atoms with Crippen molar-refractivity contribution in [1.82, 2.24) is 19.7 Å². The second kappa shape index (κ2) is 12.2. The molecule has 0 radical (unpaired) electrons. The number of pyridine rings is 2. The molecule has 0 spiro atoms. The van der Waals surface area contributed by atoms with Gasteiger partial charge in [-0.25, -0.2) is 0 Å². The molecule has 0 aliphatic heterocycles. The quantitative estimate of drug-likeness (QED) is 0.152. The zero-order valence-electron chi connectivity index (χ0n) is 24.7. The summed E-state index contributed by atoms with van der Waals surface area (Å²) in [5, 5.41) is 5.20. The third kappa shape index (κ3) is 5.40. The van der Waals surface area contributed by atoms with Crippen molar-refractivity contribution in [3.8, 4) is 0 Å². The third-order valence-electron chi connectivity index (χ3n) is 8.48. The Kier molecular flexibility index (Phi) is 8.59. The van der Waals surface area contributed by atoms with Gasteiger partial charge in [-0.05, 0) is 58.0 Å². The molecule has 3 aromatic heterocycles. The first-order chi connectivity index (χ1) is 20.3. The molecule has 1 atom stereocenters. The van der Waals surface area contributed by atoms with Crippen molar-refractivity contribution in [2.75, 3.05) is 0 Å². The molecular formula is C38H33IrN4. The number of hydrogen-bond donors (Lipinski definition) is 0. The summed E-state index contributed by atoms with van der Waals surface area (Å²) in [6, 6.07) is 49.0. The van der Waals surface area contributed by atoms with Crippen LogP contribution >= 0.6 is 0 Å². The van der Waals surface area contributed by atoms with Crippen molar-refractivity contribution >= 4 is 0 Å². The molecule has 6 aromatic rings. The van der Waals surface area contributed by atoms with E-state index in [1.54, 1.807) is 0 Å². The van der Waals surface area contributed by atoms with Gasteiger partial charge in [-0.1, -0.05) is 12.1 Å². The summed E-state index contributed by atoms with van der Waals surface area (Å²) in [4.78, 5) is 10.1. The van der Waals surface area contributed by atoms with Gasteiger partial charge in [0.25, 0.3) is 0 Å². The molecular weight excluding hydrogens is 705 g/mol. The fourth-order valence-corrected chi connectivity index (χ4v) is 5.65. The van der Waals surface area contributed by atoms with E-state index in [4.69, 9.17) is 15.1 Å². The molecule has 4 nitrogen and oxygen atoms in total. The van der Waals surface area contributed by atoms with E-state index in [9.17, 15) is 0 Å². The number of hydrogen-bond acceptors (Lipinski definition) is 3. The molecule has 3 aromatic carbocycles. The van der Waals surface area contributed by atoms with Gasteiger partial charge in [-0.2, -0.15) is 96.1 Å². The van der Waals surface area contributed by atoms with E-state index in [1.807, 2.05) is 77.7 Å². The number of aromatic nitrogens is 4. The average Bonchev–Trinajstić information content (AvgIpc) is 3.58. The van der Waals surface area contributed by atoms with Gasteiger partial charge >= 0.3 is 20.1 Å². The topological polar surface area (TPSA) is 43.6 Å². The smallest absolute Gasteiger partial charge is 0.258 e. The summed E-state index contributed by atoms with van der Waals surface area (Å²) >= 11 is 0. The van der Waals surface area contributed by atoms with E-state index in [-0.39, 0.29) is 20.1 Å². The second-order valence-electron chi connectivity index (χ2n) is 11.4. The third-order valence-corrected chi connectivity index (χ3v) is 8.48. The second-order valence-corrected chi connectivity index (χ2v) is 11.4. The number of benzene rings is 3. The predicted molar refractivity (Wildman–Crippen MR) is 166 cm³/mol. The van der Waals surface area contributed by atoms with Crippen molar-refractivity contribution < 1.29 is 20.1 Å². The Bertz CT molecular complexity index is 1690. The van der Waals surface area contributed by atoms with Gasteiger partial charge in [0, 0.05) is 17.8 Å². The molecule has 0 saturated carbocycles. The van der Waals surface area contributed by atoms with Gasteiger partial charge in [0.1, 0.15) is 5.54 Å². The minimum Gasteiger partial charge on any atom is -0.258 e. The van der Waals surface area contributed by atoms with Crippen molar-refractivity contribution in [2.45, 2.75) is 44.1 Å². The van der Waals surface area contributed by atoms with Crippen molar-refractivity contribution in [3.05, 3.63) is 185 Å². The molecule has 0 saturated heterocycles. The Hall–Kier alpha value is -4.18. The summed E-state index contributed by atoms with van der Waals surface area (Å²) in [7, 11) is 0. The minimum atomic E-state index is -0.642. The zero-order chi connectivity index (χ0) is 29.2. The van der Waals surface area contributed by atoms with Crippen LogP contribution in [0.1, 0.15) is 67.2 Å². The van der Waals surface area contributed by atoms with Crippen LogP contribution in [0, 0.1) is 18.2 Å². The molecule has 5 heteroatoms. The van der Waals surface area contributed by atoms with Gasteiger partial charge in [-0.3, -0.25) is 14.6 Å². The Labute approximate surface area is 268 Å². The summed E-state index contributed by atoms with van der Waals surface area (Å²) in [6.07, 6.45) is 3.87. The van der Waals surface area contributed by atoms with Crippen LogP contribution in [0.2, 0.25) is 0 Å². The first-order valence-electron chi connectivity index (χ1n) is 14.2. The minimum absolute atomic E-state index is 0. The van der Waals surface area contributed by atoms with Gasteiger partial charge in [-0.15, -0.1) is 16.7 Å². The Morgan fingerprint density at radius 3 is 1.67 bits per heavy atom. The number of nitrogens with zero attached hydrogens (tertiary/aromatic N) is 4. The summed E-state index contributed by atoms with van der Waals surface area (Å²) in [5.74, 6) is 0. The first kappa shape index (κ1) is 30.3. The van der Waals surface area contributed by atoms with E-state index in [1.165, 1.54) is 0 Å². The first-order valence-corrected chi connectivity index (χ1v) is 14.2. The maximum atomic E-state index is 5.33. The largest absolute Gasteiger partial charge is 3.00 e. The standard InChI is InChI=1S/C38H33N4.Ir/c1-36(2,33-26-28-42(41-33)38(4,31-21-12-7-13-22-31)35-23-14-15-27-39-35)32-24-16-25-34(40-32)37(3,29-17-8-5-9-18-29)30-19-10-6-11-20-30;/h5-17,19,21,23-28H,1-4H3;/q-3;+3. The summed E-state index contributed by atoms with van der Waals surface area (Å²) in [6.45, 7) is 8.70. The van der Waals surface area contributed by atoms with Crippen molar-refractivity contribution in [2.24, 2.45) is 0 Å². The van der Waals surface area contributed by atoms with Crippen LogP contribution in [0.15, 0.2) is 128 Å². The van der Waals surface area contributed by atoms with E-state index in [0.717, 1.165) is 39.5 Å². The molecule has 43 heavy (non-hydrogen) atoms. The van der Waals surface area contributed by atoms with Crippen LogP contribution in [0.25, 0.3) is 0 Å². The van der Waals surface area contributed by atoms with Crippen LogP contribution in [0.4, 0.5) is 0 Å². The molecule has 0 fully saturated rings. The fraction of sp³-hybridized carbons (Fsp3) is 0.184. The van der Waals surface area contributed by atoms with Crippen molar-refractivity contribution in [1.29, 1.82) is 0 Å². The molecule has 0 amide bonds. The van der Waals surface area contributed by atoms with Crippen molar-refractivity contribution in [3.63, 3.8) is 0 Å². The van der Waals surface area contributed by atoms with E-state index < -0.39 is 16.4 Å². The zero-order valence-corrected chi connectivity index (χ0v) is 27.1. The molecule has 0 bridgehead atoms. The molecule has 6 rings (SSSR count). The molecule has 0 aliphatic carbocycles. The summed E-state index contributed by atoms with van der Waals surface area (Å²) < 4.78 is 2.00. The van der Waals surface area contributed by atoms with Gasteiger partial charge in [0.15, 0.2) is 0 Å². The summed E-state index contributed by atoms with van der Waals surface area (Å²) in [5.41, 5.74) is 5.13. The SMILES string of the molecule is CC(C)(c1cccc(C(C)(c2[c-]cccc2)c2[c-]cccc2)n1)c1ccn(C(C)(c2[c-]cccc2)c2ccccn2)n1.[Ir+3]. The molecule has 0 aliphatic rings. The van der Waals surface area contributed by atoms with E-state index >= 15 is 0 Å². The monoisotopic (exact) mass is 738 g/mol. The van der Waals surface area contributed by atoms with Gasteiger partial charge in [0.05, 0.1) is 28.2 Å². The number of rotatable bonds is 8. The maximum Gasteiger partial charge on any atom is 3.00 e. The molecule has 0 N–H and O–H groups in total. The Balaban J connectivity index is 0.00000368. The normalized spacial score (nSPS) is 13.1. The Morgan fingerprint density at radius 2 is 1.12 bits per heavy atom. The molecule has 3 heterocycles. The average molecular weight is 738 g/mol. The Morgan fingerprint density at radius 1 is 0.558 bits per heavy atom. The van der Waals surface area contributed by atoms with Crippen LogP contribution in [-0.4, -0.2) is 19.7 Å². The van der Waals surface area contributed by atoms with Gasteiger partial charge < -0.3 is 0 Å². The van der Waals surface area contributed by atoms with Gasteiger partial charge in [0.2, 0.25) is 0 Å². The maximum absolute atomic E-state index is 5.33. The van der Waals surface area contributed by atoms with Crippen LogP contribution < -0.4 is 0 Å². The van der Waals surface area contributed by atoms with Crippen LogP contribution in [0.5, 0.6) is 0 Å².